The number of carbonyl (C=O) groups excluding carboxylic acids is 1. The minimum atomic E-state index is -4.63. The molecule has 3 atom stereocenters. The third kappa shape index (κ3) is 44.4. The smallest absolute Gasteiger partial charge is 0.472 e. The van der Waals surface area contributed by atoms with Crippen molar-refractivity contribution in [2.75, 3.05) is 19.8 Å². The van der Waals surface area contributed by atoms with Gasteiger partial charge in [0.2, 0.25) is 0 Å². The highest BCUT2D eigenvalue weighted by Gasteiger charge is 2.27. The molecule has 0 spiro atoms. The molecule has 0 aromatic heterocycles. The number of carboxylic acid groups (broad SMARTS) is 1. The average molecular weight is 860 g/mol. The Kier molecular flexibility index (Phi) is 43.5. The van der Waals surface area contributed by atoms with Crippen molar-refractivity contribution in [3.05, 3.63) is 12.3 Å². The molecule has 1 unspecified atom stereocenters. The first-order valence-corrected chi connectivity index (χ1v) is 26.3. The number of phosphoric acid groups is 1. The third-order valence-electron chi connectivity index (χ3n) is 11.1. The lowest BCUT2D eigenvalue weighted by Gasteiger charge is -2.20. The number of nitrogens with two attached hydrogens (primary N) is 1. The summed E-state index contributed by atoms with van der Waals surface area (Å²) >= 11 is 0. The number of hydrogen-bond donors (Lipinski definition) is 3. The van der Waals surface area contributed by atoms with Crippen LogP contribution >= 0.6 is 7.82 Å². The molecule has 0 saturated carbocycles. The van der Waals surface area contributed by atoms with E-state index in [2.05, 4.69) is 13.8 Å². The number of carbonyl (C=O) groups is 2. The van der Waals surface area contributed by atoms with E-state index in [-0.39, 0.29) is 13.0 Å². The van der Waals surface area contributed by atoms with Gasteiger partial charge in [-0.15, -0.1) is 0 Å². The van der Waals surface area contributed by atoms with Gasteiger partial charge >= 0.3 is 19.8 Å². The average Bonchev–Trinajstić information content (AvgIpc) is 3.21. The van der Waals surface area contributed by atoms with Gasteiger partial charge in [0.15, 0.2) is 6.10 Å². The first-order chi connectivity index (χ1) is 28.7. The van der Waals surface area contributed by atoms with E-state index in [0.29, 0.717) is 6.42 Å². The normalized spacial score (nSPS) is 13.8. The molecule has 0 amide bonds. The summed E-state index contributed by atoms with van der Waals surface area (Å²) in [7, 11) is -4.63. The summed E-state index contributed by atoms with van der Waals surface area (Å²) in [6, 6.07) is -1.48. The highest BCUT2D eigenvalue weighted by molar-refractivity contribution is 7.47. The lowest BCUT2D eigenvalue weighted by Crippen LogP contribution is -2.34. The van der Waals surface area contributed by atoms with Crippen LogP contribution in [0.5, 0.6) is 0 Å². The van der Waals surface area contributed by atoms with Gasteiger partial charge in [-0.25, -0.2) is 4.57 Å². The van der Waals surface area contributed by atoms with Gasteiger partial charge in [-0.3, -0.25) is 18.6 Å². The Morgan fingerprint density at radius 3 is 1.24 bits per heavy atom. The minimum Gasteiger partial charge on any atom is -0.498 e. The van der Waals surface area contributed by atoms with Crippen molar-refractivity contribution >= 4 is 19.8 Å². The number of aliphatic carboxylic acids is 1. The number of allylic oxidation sites excluding steroid dienone is 1. The van der Waals surface area contributed by atoms with E-state index >= 15 is 0 Å². The second-order valence-electron chi connectivity index (χ2n) is 17.0. The van der Waals surface area contributed by atoms with Crippen molar-refractivity contribution in [3.8, 4) is 0 Å². The van der Waals surface area contributed by atoms with Gasteiger partial charge in [0.05, 0.1) is 19.5 Å². The Morgan fingerprint density at radius 1 is 0.525 bits per heavy atom. The summed E-state index contributed by atoms with van der Waals surface area (Å²) in [4.78, 5) is 33.6. The molecule has 0 aliphatic heterocycles. The van der Waals surface area contributed by atoms with Crippen LogP contribution in [0.25, 0.3) is 0 Å². The van der Waals surface area contributed by atoms with Crippen LogP contribution in [0.2, 0.25) is 0 Å². The fourth-order valence-corrected chi connectivity index (χ4v) is 8.06. The molecule has 10 nitrogen and oxygen atoms in total. The summed E-state index contributed by atoms with van der Waals surface area (Å²) in [5.74, 6) is -1.79. The van der Waals surface area contributed by atoms with Crippen LogP contribution in [-0.2, 0) is 32.7 Å². The first kappa shape index (κ1) is 57.5. The van der Waals surface area contributed by atoms with Gasteiger partial charge < -0.3 is 25.2 Å². The van der Waals surface area contributed by atoms with Crippen molar-refractivity contribution in [1.82, 2.24) is 0 Å². The van der Waals surface area contributed by atoms with Gasteiger partial charge in [-0.1, -0.05) is 226 Å². The van der Waals surface area contributed by atoms with Crippen LogP contribution in [0, 0.1) is 0 Å². The molecule has 0 aromatic carbocycles. The van der Waals surface area contributed by atoms with Gasteiger partial charge in [0.25, 0.3) is 0 Å². The van der Waals surface area contributed by atoms with Crippen LogP contribution in [0.3, 0.4) is 0 Å². The second-order valence-corrected chi connectivity index (χ2v) is 18.5. The molecule has 11 heteroatoms. The molecule has 0 aromatic rings. The maximum absolute atomic E-state index is 12.7. The number of ether oxygens (including phenoxy) is 2. The molecule has 0 rings (SSSR count). The zero-order chi connectivity index (χ0) is 43.3. The zero-order valence-corrected chi connectivity index (χ0v) is 39.3. The molecule has 0 saturated heterocycles. The maximum Gasteiger partial charge on any atom is 0.472 e. The molecule has 0 fully saturated rings. The van der Waals surface area contributed by atoms with Gasteiger partial charge in [0.1, 0.15) is 12.6 Å². The van der Waals surface area contributed by atoms with Gasteiger partial charge in [-0.05, 0) is 25.3 Å². The van der Waals surface area contributed by atoms with Crippen molar-refractivity contribution < 1.29 is 42.7 Å². The highest BCUT2D eigenvalue weighted by atomic mass is 31.2. The zero-order valence-electron chi connectivity index (χ0n) is 38.4. The van der Waals surface area contributed by atoms with Crippen LogP contribution in [0.1, 0.15) is 251 Å². The van der Waals surface area contributed by atoms with Crippen LogP contribution in [0.15, 0.2) is 12.3 Å². The maximum atomic E-state index is 12.7. The highest BCUT2D eigenvalue weighted by Crippen LogP contribution is 2.43. The van der Waals surface area contributed by atoms with Crippen LogP contribution < -0.4 is 5.73 Å². The topological polar surface area (TPSA) is 155 Å². The SMILES string of the molecule is CCCCCCCCCCCCCCCCCC/C=C\OC[C@H](COP(=O)(O)OC[C@H](N)C(=O)O)OC(=O)CCCCCCCCCCCCCCCCCCCCC. The summed E-state index contributed by atoms with van der Waals surface area (Å²) in [5, 5.41) is 8.91. The summed E-state index contributed by atoms with van der Waals surface area (Å²) in [5.41, 5.74) is 5.36. The van der Waals surface area contributed by atoms with E-state index in [1.54, 1.807) is 6.26 Å². The van der Waals surface area contributed by atoms with Crippen LogP contribution in [0.4, 0.5) is 0 Å². The van der Waals surface area contributed by atoms with Crippen LogP contribution in [-0.4, -0.2) is 53.9 Å². The molecule has 350 valence electrons. The Balaban J connectivity index is 4.16. The molecule has 0 radical (unpaired) electrons. The van der Waals surface area contributed by atoms with Crippen molar-refractivity contribution in [2.24, 2.45) is 5.73 Å². The Morgan fingerprint density at radius 2 is 0.864 bits per heavy atom. The van der Waals surface area contributed by atoms with E-state index in [9.17, 15) is 19.0 Å². The molecule has 4 N–H and O–H groups in total. The molecular weight excluding hydrogens is 765 g/mol. The third-order valence-corrected chi connectivity index (χ3v) is 12.1. The standard InChI is InChI=1S/C48H94NO9P/c1-3-5-7-9-11-13-15-17-19-21-23-24-26-28-30-32-34-36-38-40-47(50)58-45(43-56-59(53,54)57-44-46(49)48(51)52)42-55-41-39-37-35-33-31-29-27-25-22-20-18-16-14-12-10-8-6-4-2/h39,41,45-46H,3-38,40,42-44,49H2,1-2H3,(H,51,52)(H,53,54)/b41-39-/t45-,46+/m1/s1. The monoisotopic (exact) mass is 860 g/mol. The second kappa shape index (κ2) is 44.6. The van der Waals surface area contributed by atoms with Gasteiger partial charge in [-0.2, -0.15) is 0 Å². The lowest BCUT2D eigenvalue weighted by molar-refractivity contribution is -0.153. The van der Waals surface area contributed by atoms with Gasteiger partial charge in [0, 0.05) is 6.42 Å². The predicted molar refractivity (Wildman–Crippen MR) is 244 cm³/mol. The molecule has 59 heavy (non-hydrogen) atoms. The molecule has 0 heterocycles. The number of hydrogen-bond acceptors (Lipinski definition) is 8. The summed E-state index contributed by atoms with van der Waals surface area (Å²) in [6.07, 6.45) is 49.3. The number of carboxylic acids is 1. The van der Waals surface area contributed by atoms with E-state index < -0.39 is 45.1 Å². The van der Waals surface area contributed by atoms with E-state index in [4.69, 9.17) is 29.4 Å². The number of phosphoric ester groups is 1. The number of esters is 1. The Hall–Kier alpha value is -1.45. The quantitative estimate of drug-likeness (QED) is 0.0233. The predicted octanol–water partition coefficient (Wildman–Crippen LogP) is 14.4. The molecular formula is C48H94NO9P. The Bertz CT molecular complexity index is 998. The molecule has 0 aliphatic rings. The van der Waals surface area contributed by atoms with Crippen molar-refractivity contribution in [3.63, 3.8) is 0 Å². The largest absolute Gasteiger partial charge is 0.498 e. The number of rotatable bonds is 48. The Labute approximate surface area is 362 Å². The minimum absolute atomic E-state index is 0.0605. The fraction of sp³-hybridized carbons (Fsp3) is 0.917. The van der Waals surface area contributed by atoms with Crippen molar-refractivity contribution in [1.29, 1.82) is 0 Å². The lowest BCUT2D eigenvalue weighted by atomic mass is 10.0. The fourth-order valence-electron chi connectivity index (χ4n) is 7.28. The summed E-state index contributed by atoms with van der Waals surface area (Å²) < 4.78 is 33.2. The molecule has 0 aliphatic carbocycles. The molecule has 0 bridgehead atoms. The summed E-state index contributed by atoms with van der Waals surface area (Å²) in [6.45, 7) is 3.33. The van der Waals surface area contributed by atoms with Crippen molar-refractivity contribution in [2.45, 2.75) is 264 Å². The van der Waals surface area contributed by atoms with E-state index in [1.807, 2.05) is 6.08 Å². The van der Waals surface area contributed by atoms with E-state index in [0.717, 1.165) is 25.7 Å². The number of unbranched alkanes of at least 4 members (excludes halogenated alkanes) is 34. The van der Waals surface area contributed by atoms with E-state index in [1.165, 1.54) is 199 Å². The first-order valence-electron chi connectivity index (χ1n) is 24.8.